The van der Waals surface area contributed by atoms with Crippen molar-refractivity contribution in [3.63, 3.8) is 0 Å². The van der Waals surface area contributed by atoms with Gasteiger partial charge in [0.05, 0.1) is 5.54 Å². The van der Waals surface area contributed by atoms with E-state index in [9.17, 15) is 32.3 Å². The lowest BCUT2D eigenvalue weighted by Crippen LogP contribution is -2.39. The van der Waals surface area contributed by atoms with Gasteiger partial charge in [0.2, 0.25) is 5.75 Å². The van der Waals surface area contributed by atoms with Crippen LogP contribution in [0.15, 0.2) is 29.1 Å². The van der Waals surface area contributed by atoms with Crippen LogP contribution in [0.1, 0.15) is 47.6 Å². The fourth-order valence-electron chi connectivity index (χ4n) is 4.29. The number of alkyl halides is 3. The summed E-state index contributed by atoms with van der Waals surface area (Å²) < 4.78 is 44.7. The van der Waals surface area contributed by atoms with Gasteiger partial charge < -0.3 is 20.5 Å². The molecule has 13 heteroatoms. The molecule has 34 heavy (non-hydrogen) atoms. The highest BCUT2D eigenvalue weighted by atomic mass is 19.4. The second kappa shape index (κ2) is 9.41. The van der Waals surface area contributed by atoms with Crippen LogP contribution in [0.4, 0.5) is 17.6 Å². The zero-order valence-electron chi connectivity index (χ0n) is 17.9. The number of fused-ring (bicyclic) bond motifs is 2. The SMILES string of the molecule is CN1C2CCC1(c1nc(C(=O)NCc3ccc(F)cc3)c(O)c(=O)[nH]1)CC2.O=C(O)C(F)(F)F. The number of aromatic nitrogens is 2. The highest BCUT2D eigenvalue weighted by Gasteiger charge is 2.52. The third kappa shape index (κ3) is 5.03. The zero-order chi connectivity index (χ0) is 25.3. The quantitative estimate of drug-likeness (QED) is 0.487. The Morgan fingerprint density at radius 1 is 1.24 bits per heavy atom. The Hall–Kier alpha value is -3.48. The molecule has 9 nitrogen and oxygen atoms in total. The summed E-state index contributed by atoms with van der Waals surface area (Å²) >= 11 is 0. The molecule has 2 aromatic rings. The van der Waals surface area contributed by atoms with E-state index in [1.165, 1.54) is 12.1 Å². The molecule has 1 aromatic heterocycles. The van der Waals surface area contributed by atoms with E-state index in [2.05, 4.69) is 20.2 Å². The lowest BCUT2D eigenvalue weighted by Gasteiger charge is -2.31. The summed E-state index contributed by atoms with van der Waals surface area (Å²) in [7, 11) is 2.01. The second-order valence-corrected chi connectivity index (χ2v) is 8.10. The molecule has 184 valence electrons. The van der Waals surface area contributed by atoms with Gasteiger partial charge in [-0.25, -0.2) is 14.2 Å². The van der Waals surface area contributed by atoms with Crippen molar-refractivity contribution in [2.45, 2.75) is 50.0 Å². The van der Waals surface area contributed by atoms with Gasteiger partial charge in [-0.15, -0.1) is 0 Å². The monoisotopic (exact) mass is 486 g/mol. The highest BCUT2D eigenvalue weighted by molar-refractivity contribution is 5.94. The van der Waals surface area contributed by atoms with Crippen LogP contribution in [-0.4, -0.2) is 56.2 Å². The van der Waals surface area contributed by atoms with Crippen molar-refractivity contribution in [1.82, 2.24) is 20.2 Å². The first-order valence-corrected chi connectivity index (χ1v) is 10.2. The predicted octanol–water partition coefficient (Wildman–Crippen LogP) is 2.26. The normalized spacial score (nSPS) is 21.6. The van der Waals surface area contributed by atoms with Crippen molar-refractivity contribution in [2.75, 3.05) is 7.05 Å². The molecule has 4 rings (SSSR count). The number of carboxylic acid groups (broad SMARTS) is 1. The number of aromatic hydroxyl groups is 1. The van der Waals surface area contributed by atoms with E-state index in [-0.39, 0.29) is 23.6 Å². The average molecular weight is 486 g/mol. The molecule has 2 aliphatic heterocycles. The number of benzene rings is 1. The molecule has 0 aliphatic carbocycles. The van der Waals surface area contributed by atoms with Crippen molar-refractivity contribution in [1.29, 1.82) is 0 Å². The molecule has 0 atom stereocenters. The van der Waals surface area contributed by atoms with Crippen LogP contribution in [0.2, 0.25) is 0 Å². The topological polar surface area (TPSA) is 136 Å². The van der Waals surface area contributed by atoms with Gasteiger partial charge >= 0.3 is 12.1 Å². The van der Waals surface area contributed by atoms with Crippen molar-refractivity contribution in [3.8, 4) is 5.75 Å². The number of aliphatic carboxylic acids is 1. The van der Waals surface area contributed by atoms with Crippen LogP contribution in [-0.2, 0) is 16.9 Å². The number of H-pyrrole nitrogens is 1. The van der Waals surface area contributed by atoms with Crippen molar-refractivity contribution >= 4 is 11.9 Å². The molecule has 0 saturated carbocycles. The molecular formula is C21H22F4N4O5. The molecule has 2 aliphatic rings. The molecule has 0 unspecified atom stereocenters. The molecule has 2 bridgehead atoms. The van der Waals surface area contributed by atoms with Crippen LogP contribution >= 0.6 is 0 Å². The molecule has 4 N–H and O–H groups in total. The Kier molecular flexibility index (Phi) is 6.96. The van der Waals surface area contributed by atoms with E-state index in [1.807, 2.05) is 7.05 Å². The van der Waals surface area contributed by atoms with Crippen LogP contribution in [0.25, 0.3) is 0 Å². The summed E-state index contributed by atoms with van der Waals surface area (Å²) in [5.74, 6) is -4.02. The number of hydrogen-bond acceptors (Lipinski definition) is 6. The Balaban J connectivity index is 0.000000406. The fourth-order valence-corrected chi connectivity index (χ4v) is 4.29. The second-order valence-electron chi connectivity index (χ2n) is 8.10. The Morgan fingerprint density at radius 2 is 1.79 bits per heavy atom. The molecule has 1 aromatic carbocycles. The minimum atomic E-state index is -5.08. The maximum absolute atomic E-state index is 13.0. The van der Waals surface area contributed by atoms with Crippen LogP contribution in [0.5, 0.6) is 5.75 Å². The van der Waals surface area contributed by atoms with Crippen molar-refractivity contribution < 1.29 is 37.4 Å². The third-order valence-electron chi connectivity index (χ3n) is 6.16. The van der Waals surface area contributed by atoms with Crippen molar-refractivity contribution in [3.05, 3.63) is 57.5 Å². The number of carbonyl (C=O) groups excluding carboxylic acids is 1. The lowest BCUT2D eigenvalue weighted by atomic mass is 9.87. The first kappa shape index (κ1) is 25.1. The summed E-state index contributed by atoms with van der Waals surface area (Å²) in [5.41, 5.74) is -0.690. The summed E-state index contributed by atoms with van der Waals surface area (Å²) in [4.78, 5) is 42.9. The van der Waals surface area contributed by atoms with Gasteiger partial charge in [0, 0.05) is 12.6 Å². The maximum atomic E-state index is 13.0. The van der Waals surface area contributed by atoms with Crippen LogP contribution in [0.3, 0.4) is 0 Å². The standard InChI is InChI=1S/C19H21FN4O3.C2HF3O2/c1-24-13-6-8-19(24,9-7-13)18-22-14(15(25)17(27)23-18)16(26)21-10-11-2-4-12(20)5-3-11;3-2(4,5)1(6)7/h2-5,13,25H,6-10H2,1H3,(H,21,26)(H,22,23,27);(H,6,7). The van der Waals surface area contributed by atoms with Crippen molar-refractivity contribution in [2.24, 2.45) is 0 Å². The number of rotatable bonds is 4. The summed E-state index contributed by atoms with van der Waals surface area (Å²) in [6.07, 6.45) is -1.32. The first-order chi connectivity index (χ1) is 15.8. The van der Waals surface area contributed by atoms with Gasteiger partial charge in [-0.05, 0) is 50.4 Å². The van der Waals surface area contributed by atoms with E-state index in [0.717, 1.165) is 25.7 Å². The smallest absolute Gasteiger partial charge is 0.490 e. The van der Waals surface area contributed by atoms with E-state index in [1.54, 1.807) is 12.1 Å². The number of carbonyl (C=O) groups is 2. The number of nitrogens with one attached hydrogen (secondary N) is 2. The molecule has 2 fully saturated rings. The Bertz CT molecular complexity index is 1130. The molecular weight excluding hydrogens is 464 g/mol. The van der Waals surface area contributed by atoms with Gasteiger partial charge in [-0.2, -0.15) is 13.2 Å². The van der Waals surface area contributed by atoms with Gasteiger partial charge in [0.15, 0.2) is 5.69 Å². The van der Waals surface area contributed by atoms with E-state index < -0.39 is 29.4 Å². The average Bonchev–Trinajstić information content (AvgIpc) is 3.27. The number of nitrogens with zero attached hydrogens (tertiary/aromatic N) is 2. The Morgan fingerprint density at radius 3 is 2.26 bits per heavy atom. The van der Waals surface area contributed by atoms with Gasteiger partial charge in [-0.3, -0.25) is 14.5 Å². The molecule has 0 spiro atoms. The number of amides is 1. The number of hydrogen-bond donors (Lipinski definition) is 4. The van der Waals surface area contributed by atoms with Crippen LogP contribution in [0, 0.1) is 5.82 Å². The van der Waals surface area contributed by atoms with E-state index in [0.29, 0.717) is 17.4 Å². The molecule has 1 amide bonds. The fraction of sp³-hybridized carbons (Fsp3) is 0.429. The molecule has 3 heterocycles. The van der Waals surface area contributed by atoms with Gasteiger partial charge in [0.25, 0.3) is 11.5 Å². The maximum Gasteiger partial charge on any atom is 0.490 e. The number of carboxylic acids is 1. The first-order valence-electron chi connectivity index (χ1n) is 10.2. The minimum absolute atomic E-state index is 0.134. The molecule has 0 radical (unpaired) electrons. The van der Waals surface area contributed by atoms with E-state index in [4.69, 9.17) is 9.90 Å². The lowest BCUT2D eigenvalue weighted by molar-refractivity contribution is -0.192. The largest absolute Gasteiger partial charge is 0.501 e. The summed E-state index contributed by atoms with van der Waals surface area (Å²) in [6.45, 7) is 0.134. The van der Waals surface area contributed by atoms with Gasteiger partial charge in [0.1, 0.15) is 11.6 Å². The van der Waals surface area contributed by atoms with Gasteiger partial charge in [-0.1, -0.05) is 12.1 Å². The summed E-state index contributed by atoms with van der Waals surface area (Å²) in [5, 5.41) is 19.8. The minimum Gasteiger partial charge on any atom is -0.501 e. The summed E-state index contributed by atoms with van der Waals surface area (Å²) in [6, 6.07) is 6.16. The highest BCUT2D eigenvalue weighted by Crippen LogP contribution is 2.50. The van der Waals surface area contributed by atoms with Crippen LogP contribution < -0.4 is 10.9 Å². The number of aromatic amines is 1. The third-order valence-corrected chi connectivity index (χ3v) is 6.16. The van der Waals surface area contributed by atoms with E-state index >= 15 is 0 Å². The number of halogens is 4. The Labute approximate surface area is 190 Å². The predicted molar refractivity (Wildman–Crippen MR) is 109 cm³/mol. The zero-order valence-corrected chi connectivity index (χ0v) is 17.9. The molecule has 2 saturated heterocycles.